The summed E-state index contributed by atoms with van der Waals surface area (Å²) < 4.78 is 5.48. The molecule has 2 aromatic heterocycles. The zero-order valence-corrected chi connectivity index (χ0v) is 11.9. The van der Waals surface area contributed by atoms with Gasteiger partial charge in [-0.15, -0.1) is 11.3 Å². The fraction of sp³-hybridized carbons (Fsp3) is 0.429. The Morgan fingerprint density at radius 1 is 1.55 bits per heavy atom. The number of ether oxygens (including phenoxy) is 1. The molecular formula is C14H17N3O2S. The zero-order valence-electron chi connectivity index (χ0n) is 11.1. The van der Waals surface area contributed by atoms with E-state index in [1.807, 2.05) is 12.1 Å². The van der Waals surface area contributed by atoms with E-state index in [1.165, 1.54) is 24.2 Å². The summed E-state index contributed by atoms with van der Waals surface area (Å²) in [6, 6.07) is 3.70. The van der Waals surface area contributed by atoms with Crippen LogP contribution < -0.4 is 11.1 Å². The van der Waals surface area contributed by atoms with Gasteiger partial charge in [0, 0.05) is 24.7 Å². The SMILES string of the molecule is Nc1c(C(=O)NCCOCC2CC2)sc2ncccc12. The van der Waals surface area contributed by atoms with E-state index in [9.17, 15) is 4.79 Å². The van der Waals surface area contributed by atoms with Crippen molar-refractivity contribution in [3.63, 3.8) is 0 Å². The van der Waals surface area contributed by atoms with Gasteiger partial charge in [-0.3, -0.25) is 4.79 Å². The third-order valence-electron chi connectivity index (χ3n) is 3.29. The van der Waals surface area contributed by atoms with Gasteiger partial charge in [-0.2, -0.15) is 0 Å². The third kappa shape index (κ3) is 2.91. The number of nitrogens with one attached hydrogen (secondary N) is 1. The Balaban J connectivity index is 1.56. The maximum atomic E-state index is 12.1. The highest BCUT2D eigenvalue weighted by atomic mass is 32.1. The number of nitrogen functional groups attached to an aromatic ring is 1. The van der Waals surface area contributed by atoms with Crippen LogP contribution in [0.4, 0.5) is 5.69 Å². The number of nitrogens with zero attached hydrogens (tertiary/aromatic N) is 1. The first kappa shape index (κ1) is 13.3. The van der Waals surface area contributed by atoms with Crippen molar-refractivity contribution in [3.05, 3.63) is 23.2 Å². The number of nitrogens with two attached hydrogens (primary N) is 1. The average Bonchev–Trinajstić information content (AvgIpc) is 3.22. The average molecular weight is 291 g/mol. The Labute approximate surface area is 121 Å². The molecule has 0 atom stereocenters. The molecule has 2 heterocycles. The number of thiophene rings is 1. The van der Waals surface area contributed by atoms with Gasteiger partial charge in [-0.1, -0.05) is 0 Å². The highest BCUT2D eigenvalue weighted by Crippen LogP contribution is 2.31. The van der Waals surface area contributed by atoms with E-state index in [2.05, 4.69) is 10.3 Å². The fourth-order valence-electron chi connectivity index (χ4n) is 1.97. The molecule has 3 N–H and O–H groups in total. The number of carbonyl (C=O) groups is 1. The monoisotopic (exact) mass is 291 g/mol. The molecule has 6 heteroatoms. The van der Waals surface area contributed by atoms with E-state index >= 15 is 0 Å². The first-order valence-corrected chi connectivity index (χ1v) is 7.56. The Bertz CT molecular complexity index is 622. The van der Waals surface area contributed by atoms with Gasteiger partial charge in [-0.25, -0.2) is 4.98 Å². The summed E-state index contributed by atoms with van der Waals surface area (Å²) >= 11 is 1.32. The summed E-state index contributed by atoms with van der Waals surface area (Å²) in [5.74, 6) is 0.593. The number of rotatable bonds is 6. The van der Waals surface area contributed by atoms with Crippen LogP contribution in [0.15, 0.2) is 18.3 Å². The zero-order chi connectivity index (χ0) is 13.9. The minimum absolute atomic E-state index is 0.152. The molecule has 1 aliphatic carbocycles. The molecule has 0 spiro atoms. The molecule has 0 bridgehead atoms. The van der Waals surface area contributed by atoms with E-state index in [4.69, 9.17) is 10.5 Å². The standard InChI is InChI=1S/C14H17N3O2S/c15-11-10-2-1-5-17-14(10)20-12(11)13(18)16-6-7-19-8-9-3-4-9/h1-2,5,9H,3-4,6-8,15H2,(H,16,18). The van der Waals surface area contributed by atoms with Crippen molar-refractivity contribution in [2.45, 2.75) is 12.8 Å². The van der Waals surface area contributed by atoms with Gasteiger partial charge < -0.3 is 15.8 Å². The van der Waals surface area contributed by atoms with Gasteiger partial charge in [0.05, 0.1) is 12.3 Å². The number of pyridine rings is 1. The number of hydrogen-bond donors (Lipinski definition) is 2. The fourth-order valence-corrected chi connectivity index (χ4v) is 2.95. The van der Waals surface area contributed by atoms with Gasteiger partial charge in [0.15, 0.2) is 0 Å². The molecule has 2 aromatic rings. The number of anilines is 1. The molecule has 1 saturated carbocycles. The highest BCUT2D eigenvalue weighted by Gasteiger charge is 2.21. The van der Waals surface area contributed by atoms with Crippen LogP contribution in [0.1, 0.15) is 22.5 Å². The van der Waals surface area contributed by atoms with E-state index in [0.717, 1.165) is 22.7 Å². The van der Waals surface area contributed by atoms with Gasteiger partial charge in [0.2, 0.25) is 0 Å². The topological polar surface area (TPSA) is 77.2 Å². The maximum absolute atomic E-state index is 12.1. The van der Waals surface area contributed by atoms with Crippen molar-refractivity contribution in [1.29, 1.82) is 0 Å². The largest absolute Gasteiger partial charge is 0.397 e. The van der Waals surface area contributed by atoms with E-state index < -0.39 is 0 Å². The number of amides is 1. The highest BCUT2D eigenvalue weighted by molar-refractivity contribution is 7.21. The molecule has 0 aromatic carbocycles. The lowest BCUT2D eigenvalue weighted by molar-refractivity contribution is 0.0911. The van der Waals surface area contributed by atoms with Gasteiger partial charge in [0.25, 0.3) is 5.91 Å². The molecule has 3 rings (SSSR count). The molecule has 20 heavy (non-hydrogen) atoms. The molecule has 0 aliphatic heterocycles. The molecule has 0 saturated heterocycles. The first-order valence-electron chi connectivity index (χ1n) is 6.74. The molecule has 1 fully saturated rings. The van der Waals surface area contributed by atoms with Gasteiger partial charge >= 0.3 is 0 Å². The van der Waals surface area contributed by atoms with Crippen LogP contribution in [-0.4, -0.2) is 30.6 Å². The van der Waals surface area contributed by atoms with Gasteiger partial charge in [0.1, 0.15) is 9.71 Å². The lowest BCUT2D eigenvalue weighted by Gasteiger charge is -2.05. The Hall–Kier alpha value is -1.66. The molecule has 0 unspecified atom stereocenters. The molecule has 0 radical (unpaired) electrons. The van der Waals surface area contributed by atoms with Crippen molar-refractivity contribution in [2.75, 3.05) is 25.5 Å². The van der Waals surface area contributed by atoms with Crippen LogP contribution in [0.25, 0.3) is 10.2 Å². The Kier molecular flexibility index (Phi) is 3.84. The smallest absolute Gasteiger partial charge is 0.263 e. The molecule has 106 valence electrons. The predicted molar refractivity (Wildman–Crippen MR) is 79.9 cm³/mol. The summed E-state index contributed by atoms with van der Waals surface area (Å²) in [5, 5.41) is 3.67. The van der Waals surface area contributed by atoms with Crippen molar-refractivity contribution in [3.8, 4) is 0 Å². The van der Waals surface area contributed by atoms with Crippen LogP contribution in [0, 0.1) is 5.92 Å². The summed E-state index contributed by atoms with van der Waals surface area (Å²) in [4.78, 5) is 17.6. The van der Waals surface area contributed by atoms with Crippen LogP contribution in [0.3, 0.4) is 0 Å². The van der Waals surface area contributed by atoms with E-state index in [1.54, 1.807) is 6.20 Å². The van der Waals surface area contributed by atoms with E-state index in [0.29, 0.717) is 23.7 Å². The molecule has 1 amide bonds. The summed E-state index contributed by atoms with van der Waals surface area (Å²) in [7, 11) is 0. The van der Waals surface area contributed by atoms with Crippen LogP contribution in [0.5, 0.6) is 0 Å². The van der Waals surface area contributed by atoms with Crippen molar-refractivity contribution in [1.82, 2.24) is 10.3 Å². The summed E-state index contributed by atoms with van der Waals surface area (Å²) in [6.07, 6.45) is 4.25. The number of carbonyl (C=O) groups excluding carboxylic acids is 1. The Morgan fingerprint density at radius 3 is 3.15 bits per heavy atom. The van der Waals surface area contributed by atoms with Gasteiger partial charge in [-0.05, 0) is 30.9 Å². The van der Waals surface area contributed by atoms with Crippen LogP contribution in [0.2, 0.25) is 0 Å². The lowest BCUT2D eigenvalue weighted by Crippen LogP contribution is -2.27. The Morgan fingerprint density at radius 2 is 2.40 bits per heavy atom. The first-order chi connectivity index (χ1) is 9.75. The normalized spacial score (nSPS) is 14.6. The third-order valence-corrected chi connectivity index (χ3v) is 4.42. The summed E-state index contributed by atoms with van der Waals surface area (Å²) in [5.41, 5.74) is 6.51. The summed E-state index contributed by atoms with van der Waals surface area (Å²) in [6.45, 7) is 1.86. The second kappa shape index (κ2) is 5.76. The van der Waals surface area contributed by atoms with Crippen molar-refractivity contribution >= 4 is 33.1 Å². The second-order valence-electron chi connectivity index (χ2n) is 4.98. The van der Waals surface area contributed by atoms with Crippen LogP contribution >= 0.6 is 11.3 Å². The predicted octanol–water partition coefficient (Wildman–Crippen LogP) is 2.03. The lowest BCUT2D eigenvalue weighted by atomic mass is 10.2. The van der Waals surface area contributed by atoms with Crippen LogP contribution in [-0.2, 0) is 4.74 Å². The van der Waals surface area contributed by atoms with Crippen molar-refractivity contribution < 1.29 is 9.53 Å². The second-order valence-corrected chi connectivity index (χ2v) is 5.97. The minimum Gasteiger partial charge on any atom is -0.397 e. The quantitative estimate of drug-likeness (QED) is 0.798. The number of fused-ring (bicyclic) bond motifs is 1. The van der Waals surface area contributed by atoms with E-state index in [-0.39, 0.29) is 5.91 Å². The molecule has 1 aliphatic rings. The number of hydrogen-bond acceptors (Lipinski definition) is 5. The molecular weight excluding hydrogens is 274 g/mol. The minimum atomic E-state index is -0.152. The van der Waals surface area contributed by atoms with Crippen molar-refractivity contribution in [2.24, 2.45) is 5.92 Å². The number of aromatic nitrogens is 1. The molecule has 5 nitrogen and oxygen atoms in total. The maximum Gasteiger partial charge on any atom is 0.263 e.